The summed E-state index contributed by atoms with van der Waals surface area (Å²) in [4.78, 5) is 11.1. The number of hydrogen-bond donors (Lipinski definition) is 1. The first-order valence-corrected chi connectivity index (χ1v) is 8.57. The number of aromatic nitrogens is 1. The molecule has 0 spiro atoms. The number of halogens is 1. The minimum absolute atomic E-state index is 0.0203. The number of carbonyl (C=O) groups is 1. The minimum atomic E-state index is -3.65. The van der Waals surface area contributed by atoms with E-state index >= 15 is 0 Å². The van der Waals surface area contributed by atoms with Crippen molar-refractivity contribution >= 4 is 31.9 Å². The van der Waals surface area contributed by atoms with Crippen molar-refractivity contribution in [1.82, 2.24) is 8.87 Å². The fourth-order valence-electron chi connectivity index (χ4n) is 2.30. The number of sulfonamides is 1. The van der Waals surface area contributed by atoms with Gasteiger partial charge in [0.25, 0.3) is 0 Å². The van der Waals surface area contributed by atoms with Gasteiger partial charge in [-0.05, 0) is 40.8 Å². The van der Waals surface area contributed by atoms with Gasteiger partial charge in [-0.15, -0.1) is 0 Å². The van der Waals surface area contributed by atoms with Crippen molar-refractivity contribution in [3.8, 4) is 0 Å². The highest BCUT2D eigenvalue weighted by molar-refractivity contribution is 9.10. The van der Waals surface area contributed by atoms with Crippen LogP contribution in [0.4, 0.5) is 0 Å². The molecule has 0 radical (unpaired) electrons. The molecule has 1 aliphatic rings. The fourth-order valence-corrected chi connectivity index (χ4v) is 4.80. The van der Waals surface area contributed by atoms with Gasteiger partial charge < -0.3 is 9.67 Å². The van der Waals surface area contributed by atoms with Crippen LogP contribution < -0.4 is 0 Å². The van der Waals surface area contributed by atoms with E-state index in [0.29, 0.717) is 19.0 Å². The molecule has 0 aliphatic carbocycles. The molecule has 1 saturated heterocycles. The summed E-state index contributed by atoms with van der Waals surface area (Å²) >= 11 is 3.18. The van der Waals surface area contributed by atoms with E-state index in [1.54, 1.807) is 0 Å². The monoisotopic (exact) mass is 364 g/mol. The van der Waals surface area contributed by atoms with E-state index in [0.717, 1.165) is 12.8 Å². The Balaban J connectivity index is 2.40. The van der Waals surface area contributed by atoms with Crippen LogP contribution in [0.5, 0.6) is 0 Å². The Morgan fingerprint density at radius 2 is 1.95 bits per heavy atom. The van der Waals surface area contributed by atoms with Gasteiger partial charge in [0.1, 0.15) is 15.2 Å². The van der Waals surface area contributed by atoms with Gasteiger partial charge in [0.15, 0.2) is 0 Å². The Kier molecular flexibility index (Phi) is 4.27. The molecule has 2 heterocycles. The summed E-state index contributed by atoms with van der Waals surface area (Å²) in [7, 11) is -2.13. The average Bonchev–Trinajstić information content (AvgIpc) is 2.67. The molecule has 0 bridgehead atoms. The SMILES string of the molecule is CC1CCN(S(=O)(=O)c2cc(C(=O)O)n(C)c2Br)CC1. The first-order chi connectivity index (χ1) is 9.25. The molecule has 8 heteroatoms. The van der Waals surface area contributed by atoms with E-state index in [1.165, 1.54) is 22.0 Å². The molecule has 0 unspecified atom stereocenters. The Hall–Kier alpha value is -0.860. The van der Waals surface area contributed by atoms with Gasteiger partial charge in [-0.3, -0.25) is 0 Å². The van der Waals surface area contributed by atoms with E-state index in [9.17, 15) is 13.2 Å². The number of carboxylic acids is 1. The maximum Gasteiger partial charge on any atom is 0.352 e. The van der Waals surface area contributed by atoms with Crippen molar-refractivity contribution in [3.63, 3.8) is 0 Å². The van der Waals surface area contributed by atoms with Crippen LogP contribution in [0.15, 0.2) is 15.6 Å². The second-order valence-electron chi connectivity index (χ2n) is 5.14. The molecule has 1 aromatic heterocycles. The molecule has 1 aliphatic heterocycles. The quantitative estimate of drug-likeness (QED) is 0.888. The standard InChI is InChI=1S/C12H17BrN2O4S/c1-8-3-5-15(6-4-8)20(18,19)10-7-9(12(16)17)14(2)11(10)13/h7-8H,3-6H2,1-2H3,(H,16,17). The first kappa shape index (κ1) is 15.5. The van der Waals surface area contributed by atoms with Gasteiger partial charge in [0.2, 0.25) is 10.0 Å². The van der Waals surface area contributed by atoms with E-state index in [1.807, 2.05) is 0 Å². The van der Waals surface area contributed by atoms with Gasteiger partial charge in [-0.25, -0.2) is 13.2 Å². The van der Waals surface area contributed by atoms with Crippen molar-refractivity contribution in [2.75, 3.05) is 13.1 Å². The number of nitrogens with zero attached hydrogens (tertiary/aromatic N) is 2. The number of piperidine rings is 1. The third-order valence-electron chi connectivity index (χ3n) is 3.71. The molecule has 1 fully saturated rings. The second kappa shape index (κ2) is 5.50. The van der Waals surface area contributed by atoms with Crippen molar-refractivity contribution in [1.29, 1.82) is 0 Å². The lowest BCUT2D eigenvalue weighted by molar-refractivity contribution is 0.0686. The fraction of sp³-hybridized carbons (Fsp3) is 0.583. The highest BCUT2D eigenvalue weighted by Gasteiger charge is 2.32. The topological polar surface area (TPSA) is 79.6 Å². The Bertz CT molecular complexity index is 630. The lowest BCUT2D eigenvalue weighted by atomic mass is 10.0. The van der Waals surface area contributed by atoms with Gasteiger partial charge in [0, 0.05) is 20.1 Å². The van der Waals surface area contributed by atoms with Crippen LogP contribution in [0.25, 0.3) is 0 Å². The smallest absolute Gasteiger partial charge is 0.352 e. The molecule has 112 valence electrons. The second-order valence-corrected chi connectivity index (χ2v) is 7.79. The summed E-state index contributed by atoms with van der Waals surface area (Å²) < 4.78 is 28.2. The maximum absolute atomic E-state index is 12.6. The number of rotatable bonds is 3. The Labute approximate surface area is 126 Å². The highest BCUT2D eigenvalue weighted by atomic mass is 79.9. The third kappa shape index (κ3) is 2.64. The summed E-state index contributed by atoms with van der Waals surface area (Å²) in [5.41, 5.74) is -0.0548. The zero-order valence-electron chi connectivity index (χ0n) is 11.3. The molecule has 0 atom stereocenters. The zero-order valence-corrected chi connectivity index (χ0v) is 13.7. The lowest BCUT2D eigenvalue weighted by Crippen LogP contribution is -2.37. The maximum atomic E-state index is 12.6. The minimum Gasteiger partial charge on any atom is -0.477 e. The van der Waals surface area contributed by atoms with E-state index in [4.69, 9.17) is 5.11 Å². The van der Waals surface area contributed by atoms with Gasteiger partial charge >= 0.3 is 5.97 Å². The molecule has 6 nitrogen and oxygen atoms in total. The van der Waals surface area contributed by atoms with Gasteiger partial charge in [0.05, 0.1) is 0 Å². The summed E-state index contributed by atoms with van der Waals surface area (Å²) in [6.07, 6.45) is 1.66. The lowest BCUT2D eigenvalue weighted by Gasteiger charge is -2.29. The molecule has 2 rings (SSSR count). The normalized spacial score (nSPS) is 18.4. The molecule has 0 aromatic carbocycles. The predicted molar refractivity (Wildman–Crippen MR) is 77.2 cm³/mol. The molecule has 20 heavy (non-hydrogen) atoms. The highest BCUT2D eigenvalue weighted by Crippen LogP contribution is 2.30. The molecule has 0 saturated carbocycles. The first-order valence-electron chi connectivity index (χ1n) is 6.33. The number of hydrogen-bond acceptors (Lipinski definition) is 3. The molecule has 0 amide bonds. The van der Waals surface area contributed by atoms with E-state index in [-0.39, 0.29) is 15.2 Å². The predicted octanol–water partition coefficient (Wildman–Crippen LogP) is 1.91. The van der Waals surface area contributed by atoms with Crippen LogP contribution in [0.1, 0.15) is 30.3 Å². The molecule has 1 N–H and O–H groups in total. The number of aromatic carboxylic acids is 1. The van der Waals surface area contributed by atoms with Crippen LogP contribution in [0.3, 0.4) is 0 Å². The largest absolute Gasteiger partial charge is 0.477 e. The summed E-state index contributed by atoms with van der Waals surface area (Å²) in [5.74, 6) is -0.628. The van der Waals surface area contributed by atoms with Crippen molar-refractivity contribution in [3.05, 3.63) is 16.4 Å². The van der Waals surface area contributed by atoms with Crippen molar-refractivity contribution in [2.45, 2.75) is 24.7 Å². The van der Waals surface area contributed by atoms with Crippen LogP contribution in [0.2, 0.25) is 0 Å². The van der Waals surface area contributed by atoms with Crippen molar-refractivity contribution in [2.24, 2.45) is 13.0 Å². The van der Waals surface area contributed by atoms with Crippen LogP contribution in [-0.2, 0) is 17.1 Å². The summed E-state index contributed by atoms with van der Waals surface area (Å²) in [6, 6.07) is 1.21. The van der Waals surface area contributed by atoms with Gasteiger partial charge in [-0.2, -0.15) is 4.31 Å². The Morgan fingerprint density at radius 3 is 2.40 bits per heavy atom. The van der Waals surface area contributed by atoms with Gasteiger partial charge in [-0.1, -0.05) is 6.92 Å². The summed E-state index contributed by atoms with van der Waals surface area (Å²) in [5, 5.41) is 9.06. The van der Waals surface area contributed by atoms with E-state index in [2.05, 4.69) is 22.9 Å². The summed E-state index contributed by atoms with van der Waals surface area (Å²) in [6.45, 7) is 3.06. The third-order valence-corrected chi connectivity index (χ3v) is 6.84. The van der Waals surface area contributed by atoms with Crippen LogP contribution >= 0.6 is 15.9 Å². The molecular weight excluding hydrogens is 348 g/mol. The van der Waals surface area contributed by atoms with E-state index < -0.39 is 16.0 Å². The van der Waals surface area contributed by atoms with Crippen molar-refractivity contribution < 1.29 is 18.3 Å². The zero-order chi connectivity index (χ0) is 15.1. The average molecular weight is 365 g/mol. The Morgan fingerprint density at radius 1 is 1.40 bits per heavy atom. The molecule has 1 aromatic rings. The van der Waals surface area contributed by atoms with Crippen LogP contribution in [-0.4, -0.2) is 41.5 Å². The van der Waals surface area contributed by atoms with Crippen LogP contribution in [0, 0.1) is 5.92 Å². The number of carboxylic acid groups (broad SMARTS) is 1. The molecular formula is C12H17BrN2O4S.